The third kappa shape index (κ3) is 4.06. The van der Waals surface area contributed by atoms with Gasteiger partial charge in [0.15, 0.2) is 0 Å². The zero-order valence-corrected chi connectivity index (χ0v) is 18.8. The Kier molecular flexibility index (Phi) is 6.04. The van der Waals surface area contributed by atoms with Crippen LogP contribution < -0.4 is 4.90 Å². The summed E-state index contributed by atoms with van der Waals surface area (Å²) in [5.74, 6) is 1.55. The van der Waals surface area contributed by atoms with Gasteiger partial charge in [0.1, 0.15) is 11.6 Å². The van der Waals surface area contributed by atoms with Crippen LogP contribution in [0.2, 0.25) is 0 Å². The summed E-state index contributed by atoms with van der Waals surface area (Å²) in [6.07, 6.45) is 6.38. The molecule has 4 heterocycles. The van der Waals surface area contributed by atoms with E-state index in [0.29, 0.717) is 18.9 Å². The molecule has 0 radical (unpaired) electrons. The fourth-order valence-corrected chi connectivity index (χ4v) is 5.65. The van der Waals surface area contributed by atoms with Crippen LogP contribution in [0.5, 0.6) is 0 Å². The molecule has 1 unspecified atom stereocenters. The molecule has 0 amide bonds. The summed E-state index contributed by atoms with van der Waals surface area (Å²) in [6.45, 7) is 4.11. The topological polar surface area (TPSA) is 82.5 Å². The van der Waals surface area contributed by atoms with Gasteiger partial charge < -0.3 is 4.90 Å². The molecule has 2 aliphatic rings. The van der Waals surface area contributed by atoms with Crippen molar-refractivity contribution < 1.29 is 8.42 Å². The maximum absolute atomic E-state index is 12.9. The van der Waals surface area contributed by atoms with Crippen molar-refractivity contribution in [3.05, 3.63) is 47.2 Å². The SMILES string of the molecule is Cc1nc(C2CCCCN2S(=O)(=O)N(C)C)nc2c1CCCN2Cc1ccccn1. The van der Waals surface area contributed by atoms with Gasteiger partial charge in [-0.15, -0.1) is 0 Å². The van der Waals surface area contributed by atoms with Gasteiger partial charge in [-0.1, -0.05) is 12.5 Å². The molecule has 0 N–H and O–H groups in total. The minimum absolute atomic E-state index is 0.325. The van der Waals surface area contributed by atoms with Crippen LogP contribution in [0.15, 0.2) is 24.4 Å². The lowest BCUT2D eigenvalue weighted by Crippen LogP contribution is -2.45. The lowest BCUT2D eigenvalue weighted by Gasteiger charge is -2.36. The molecule has 2 aliphatic heterocycles. The van der Waals surface area contributed by atoms with Crippen molar-refractivity contribution in [2.24, 2.45) is 0 Å². The van der Waals surface area contributed by atoms with E-state index in [0.717, 1.165) is 55.9 Å². The van der Waals surface area contributed by atoms with Crippen LogP contribution in [0.1, 0.15) is 54.5 Å². The number of piperidine rings is 1. The molecule has 1 saturated heterocycles. The van der Waals surface area contributed by atoms with E-state index in [2.05, 4.69) is 9.88 Å². The number of fused-ring (bicyclic) bond motifs is 1. The van der Waals surface area contributed by atoms with Gasteiger partial charge in [0.25, 0.3) is 10.2 Å². The predicted octanol–water partition coefficient (Wildman–Crippen LogP) is 2.47. The predicted molar refractivity (Wildman–Crippen MR) is 116 cm³/mol. The van der Waals surface area contributed by atoms with E-state index >= 15 is 0 Å². The Morgan fingerprint density at radius 1 is 1.13 bits per heavy atom. The highest BCUT2D eigenvalue weighted by Gasteiger charge is 2.37. The monoisotopic (exact) mass is 430 g/mol. The zero-order valence-electron chi connectivity index (χ0n) is 18.0. The number of rotatable bonds is 5. The van der Waals surface area contributed by atoms with Gasteiger partial charge in [0.2, 0.25) is 0 Å². The molecule has 0 saturated carbocycles. The molecule has 0 bridgehead atoms. The number of pyridine rings is 1. The average Bonchev–Trinajstić information content (AvgIpc) is 2.75. The van der Waals surface area contributed by atoms with Crippen LogP contribution >= 0.6 is 0 Å². The number of aromatic nitrogens is 3. The summed E-state index contributed by atoms with van der Waals surface area (Å²) in [5.41, 5.74) is 3.12. The second kappa shape index (κ2) is 8.56. The number of hydrogen-bond acceptors (Lipinski definition) is 6. The van der Waals surface area contributed by atoms with Gasteiger partial charge in [-0.05, 0) is 44.7 Å². The normalized spacial score (nSPS) is 20.4. The molecule has 8 nitrogen and oxygen atoms in total. The number of anilines is 1. The summed E-state index contributed by atoms with van der Waals surface area (Å²) in [7, 11) is -0.375. The number of nitrogens with zero attached hydrogens (tertiary/aromatic N) is 6. The Morgan fingerprint density at radius 2 is 1.97 bits per heavy atom. The largest absolute Gasteiger partial charge is 0.350 e. The first-order chi connectivity index (χ1) is 14.4. The second-order valence-electron chi connectivity index (χ2n) is 8.23. The Bertz CT molecular complexity index is 996. The molecule has 1 atom stereocenters. The van der Waals surface area contributed by atoms with Crippen LogP contribution in [0.4, 0.5) is 5.82 Å². The minimum atomic E-state index is -3.53. The van der Waals surface area contributed by atoms with E-state index in [9.17, 15) is 8.42 Å². The second-order valence-corrected chi connectivity index (χ2v) is 10.3. The Balaban J connectivity index is 1.71. The lowest BCUT2D eigenvalue weighted by molar-refractivity contribution is 0.234. The van der Waals surface area contributed by atoms with Crippen LogP contribution in [-0.2, 0) is 23.2 Å². The maximum Gasteiger partial charge on any atom is 0.282 e. The van der Waals surface area contributed by atoms with Crippen LogP contribution in [0, 0.1) is 6.92 Å². The molecular formula is C21H30N6O2S. The fraction of sp³-hybridized carbons (Fsp3) is 0.571. The van der Waals surface area contributed by atoms with Crippen molar-refractivity contribution in [2.75, 3.05) is 32.1 Å². The number of hydrogen-bond donors (Lipinski definition) is 0. The van der Waals surface area contributed by atoms with Crippen LogP contribution in [0.3, 0.4) is 0 Å². The Morgan fingerprint density at radius 3 is 2.70 bits per heavy atom. The molecule has 0 aromatic carbocycles. The molecule has 1 fully saturated rings. The quantitative estimate of drug-likeness (QED) is 0.725. The third-order valence-electron chi connectivity index (χ3n) is 5.95. The summed E-state index contributed by atoms with van der Waals surface area (Å²) in [4.78, 5) is 16.5. The highest BCUT2D eigenvalue weighted by molar-refractivity contribution is 7.86. The maximum atomic E-state index is 12.9. The summed E-state index contributed by atoms with van der Waals surface area (Å²) in [5, 5.41) is 0. The first-order valence-electron chi connectivity index (χ1n) is 10.6. The Hall–Kier alpha value is -2.10. The van der Waals surface area contributed by atoms with Gasteiger partial charge in [0, 0.05) is 44.6 Å². The van der Waals surface area contributed by atoms with E-state index in [1.807, 2.05) is 31.3 Å². The van der Waals surface area contributed by atoms with Crippen molar-refractivity contribution in [1.29, 1.82) is 0 Å². The minimum Gasteiger partial charge on any atom is -0.350 e. The molecule has 0 spiro atoms. The first-order valence-corrected chi connectivity index (χ1v) is 12.0. The zero-order chi connectivity index (χ0) is 21.3. The Labute approximate surface area is 179 Å². The van der Waals surface area contributed by atoms with Crippen LogP contribution in [0.25, 0.3) is 0 Å². The van der Waals surface area contributed by atoms with Gasteiger partial charge >= 0.3 is 0 Å². The van der Waals surface area contributed by atoms with E-state index in [-0.39, 0.29) is 6.04 Å². The molecule has 0 aliphatic carbocycles. The standard InChI is InChI=1S/C21H30N6O2S/c1-16-18-10-8-13-26(15-17-9-4-6-12-22-17)21(18)24-20(23-16)19-11-5-7-14-27(19)30(28,29)25(2)3/h4,6,9,12,19H,5,7-8,10-11,13-15H2,1-3H3. The summed E-state index contributed by atoms with van der Waals surface area (Å²) in [6, 6.07) is 5.61. The third-order valence-corrected chi connectivity index (χ3v) is 7.90. The summed E-state index contributed by atoms with van der Waals surface area (Å²) >= 11 is 0. The molecule has 2 aromatic heterocycles. The molecular weight excluding hydrogens is 400 g/mol. The highest BCUT2D eigenvalue weighted by Crippen LogP contribution is 2.35. The van der Waals surface area contributed by atoms with Gasteiger partial charge in [-0.3, -0.25) is 4.98 Å². The van der Waals surface area contributed by atoms with Crippen molar-refractivity contribution in [1.82, 2.24) is 23.6 Å². The molecule has 2 aromatic rings. The van der Waals surface area contributed by atoms with Gasteiger partial charge in [-0.2, -0.15) is 17.0 Å². The molecule has 4 rings (SSSR count). The van der Waals surface area contributed by atoms with Crippen molar-refractivity contribution in [2.45, 2.75) is 51.6 Å². The molecule has 9 heteroatoms. The van der Waals surface area contributed by atoms with E-state index < -0.39 is 10.2 Å². The van der Waals surface area contributed by atoms with Crippen molar-refractivity contribution in [3.8, 4) is 0 Å². The van der Waals surface area contributed by atoms with E-state index in [1.165, 1.54) is 9.87 Å². The highest BCUT2D eigenvalue weighted by atomic mass is 32.2. The summed E-state index contributed by atoms with van der Waals surface area (Å²) < 4.78 is 28.7. The van der Waals surface area contributed by atoms with E-state index in [1.54, 1.807) is 18.4 Å². The van der Waals surface area contributed by atoms with E-state index in [4.69, 9.17) is 9.97 Å². The smallest absolute Gasteiger partial charge is 0.282 e. The van der Waals surface area contributed by atoms with Gasteiger partial charge in [0.05, 0.1) is 18.3 Å². The van der Waals surface area contributed by atoms with Crippen molar-refractivity contribution in [3.63, 3.8) is 0 Å². The van der Waals surface area contributed by atoms with Gasteiger partial charge in [-0.25, -0.2) is 9.97 Å². The molecule has 162 valence electrons. The average molecular weight is 431 g/mol. The lowest BCUT2D eigenvalue weighted by atomic mass is 10.0. The van der Waals surface area contributed by atoms with Crippen LogP contribution in [-0.4, -0.2) is 59.2 Å². The molecule has 30 heavy (non-hydrogen) atoms. The fourth-order valence-electron chi connectivity index (χ4n) is 4.35. The van der Waals surface area contributed by atoms with Crippen molar-refractivity contribution >= 4 is 16.0 Å². The number of aryl methyl sites for hydroxylation is 1. The first kappa shape index (κ1) is 21.1.